The molecule has 2 aliphatic heterocycles. The molecule has 0 unspecified atom stereocenters. The summed E-state index contributed by atoms with van der Waals surface area (Å²) in [6.45, 7) is 7.56. The monoisotopic (exact) mass is 379 g/mol. The van der Waals surface area contributed by atoms with Crippen LogP contribution in [0, 0.1) is 12.8 Å². The second-order valence-corrected chi connectivity index (χ2v) is 7.74. The molecule has 5 nitrogen and oxygen atoms in total. The van der Waals surface area contributed by atoms with Crippen molar-refractivity contribution in [2.75, 3.05) is 54.5 Å². The zero-order chi connectivity index (χ0) is 19.3. The van der Waals surface area contributed by atoms with Gasteiger partial charge in [0.2, 0.25) is 5.91 Å². The molecule has 0 spiro atoms. The number of anilines is 3. The third kappa shape index (κ3) is 4.47. The van der Waals surface area contributed by atoms with Crippen LogP contribution >= 0.6 is 0 Å². The minimum atomic E-state index is 0.0723. The molecule has 0 saturated carbocycles. The molecule has 1 N–H and O–H groups in total. The van der Waals surface area contributed by atoms with Gasteiger partial charge in [-0.2, -0.15) is 0 Å². The van der Waals surface area contributed by atoms with Crippen LogP contribution in [0.25, 0.3) is 0 Å². The van der Waals surface area contributed by atoms with Crippen molar-refractivity contribution >= 4 is 23.0 Å². The van der Waals surface area contributed by atoms with Crippen molar-refractivity contribution < 1.29 is 9.53 Å². The Balaban J connectivity index is 1.31. The number of hydrogen-bond donors (Lipinski definition) is 1. The van der Waals surface area contributed by atoms with Crippen molar-refractivity contribution in [3.63, 3.8) is 0 Å². The van der Waals surface area contributed by atoms with Crippen molar-refractivity contribution in [3.05, 3.63) is 54.1 Å². The summed E-state index contributed by atoms with van der Waals surface area (Å²) in [6.07, 6.45) is 1.63. The van der Waals surface area contributed by atoms with Crippen molar-refractivity contribution in [2.24, 2.45) is 5.92 Å². The Morgan fingerprint density at radius 3 is 2.21 bits per heavy atom. The lowest BCUT2D eigenvalue weighted by molar-refractivity contribution is -0.122. The minimum Gasteiger partial charge on any atom is -0.381 e. The number of hydrogen-bond acceptors (Lipinski definition) is 4. The summed E-state index contributed by atoms with van der Waals surface area (Å²) in [7, 11) is 0. The maximum Gasteiger partial charge on any atom is 0.227 e. The molecule has 5 heteroatoms. The number of ether oxygens (including phenoxy) is 1. The first-order valence-electron chi connectivity index (χ1n) is 10.2. The zero-order valence-corrected chi connectivity index (χ0v) is 16.6. The normalized spacial score (nSPS) is 18.2. The molecule has 28 heavy (non-hydrogen) atoms. The van der Waals surface area contributed by atoms with Crippen molar-refractivity contribution in [2.45, 2.75) is 19.8 Å². The lowest BCUT2D eigenvalue weighted by Crippen LogP contribution is -2.46. The highest BCUT2D eigenvalue weighted by molar-refractivity contribution is 5.92. The molecule has 148 valence electrons. The first-order chi connectivity index (χ1) is 13.7. The molecule has 0 atom stereocenters. The molecule has 2 aromatic carbocycles. The third-order valence-electron chi connectivity index (χ3n) is 5.74. The van der Waals surface area contributed by atoms with E-state index in [-0.39, 0.29) is 11.8 Å². The van der Waals surface area contributed by atoms with E-state index >= 15 is 0 Å². The summed E-state index contributed by atoms with van der Waals surface area (Å²) < 4.78 is 5.34. The largest absolute Gasteiger partial charge is 0.381 e. The maximum absolute atomic E-state index is 12.4. The first kappa shape index (κ1) is 18.8. The Morgan fingerprint density at radius 1 is 0.929 bits per heavy atom. The average molecular weight is 380 g/mol. The Hall–Kier alpha value is -2.53. The molecule has 2 fully saturated rings. The van der Waals surface area contributed by atoms with Gasteiger partial charge in [0.25, 0.3) is 0 Å². The molecular formula is C23H29N3O2. The lowest BCUT2D eigenvalue weighted by atomic mass is 9.99. The summed E-state index contributed by atoms with van der Waals surface area (Å²) >= 11 is 0. The number of nitrogens with one attached hydrogen (secondary N) is 1. The quantitative estimate of drug-likeness (QED) is 0.880. The molecule has 2 heterocycles. The first-order valence-corrected chi connectivity index (χ1v) is 10.2. The third-order valence-corrected chi connectivity index (χ3v) is 5.74. The van der Waals surface area contributed by atoms with Crippen LogP contribution in [0.1, 0.15) is 18.4 Å². The van der Waals surface area contributed by atoms with E-state index in [9.17, 15) is 4.79 Å². The van der Waals surface area contributed by atoms with Gasteiger partial charge in [0.15, 0.2) is 0 Å². The molecule has 2 aliphatic rings. The van der Waals surface area contributed by atoms with Crippen molar-refractivity contribution in [1.82, 2.24) is 0 Å². The van der Waals surface area contributed by atoms with Crippen molar-refractivity contribution in [3.8, 4) is 0 Å². The fraction of sp³-hybridized carbons (Fsp3) is 0.435. The summed E-state index contributed by atoms with van der Waals surface area (Å²) in [4.78, 5) is 17.2. The summed E-state index contributed by atoms with van der Waals surface area (Å²) in [5.41, 5.74) is 4.70. The number of carbonyl (C=O) groups is 1. The number of aryl methyl sites for hydroxylation is 1. The fourth-order valence-electron chi connectivity index (χ4n) is 4.01. The number of amides is 1. The van der Waals surface area contributed by atoms with E-state index in [4.69, 9.17) is 4.74 Å². The average Bonchev–Trinajstić information content (AvgIpc) is 2.75. The van der Waals surface area contributed by atoms with E-state index in [1.165, 1.54) is 16.9 Å². The second kappa shape index (κ2) is 8.65. The van der Waals surface area contributed by atoms with Gasteiger partial charge in [-0.3, -0.25) is 4.79 Å². The van der Waals surface area contributed by atoms with Crippen LogP contribution in [0.2, 0.25) is 0 Å². The smallest absolute Gasteiger partial charge is 0.227 e. The van der Waals surface area contributed by atoms with E-state index in [1.54, 1.807) is 0 Å². The fourth-order valence-corrected chi connectivity index (χ4v) is 4.01. The Kier molecular flexibility index (Phi) is 5.81. The highest BCUT2D eigenvalue weighted by Gasteiger charge is 2.22. The minimum absolute atomic E-state index is 0.0723. The number of carbonyl (C=O) groups excluding carboxylic acids is 1. The summed E-state index contributed by atoms with van der Waals surface area (Å²) in [5, 5.41) is 3.05. The molecule has 4 rings (SSSR count). The van der Waals surface area contributed by atoms with Crippen LogP contribution in [0.5, 0.6) is 0 Å². The number of nitrogens with zero attached hydrogens (tertiary/aromatic N) is 2. The highest BCUT2D eigenvalue weighted by Crippen LogP contribution is 2.24. The predicted octanol–water partition coefficient (Wildman–Crippen LogP) is 3.69. The molecule has 0 radical (unpaired) electrons. The molecule has 2 saturated heterocycles. The van der Waals surface area contributed by atoms with E-state index < -0.39 is 0 Å². The zero-order valence-electron chi connectivity index (χ0n) is 16.6. The van der Waals surface area contributed by atoms with Gasteiger partial charge in [0.1, 0.15) is 0 Å². The maximum atomic E-state index is 12.4. The Morgan fingerprint density at radius 2 is 1.57 bits per heavy atom. The van der Waals surface area contributed by atoms with E-state index in [0.717, 1.165) is 44.7 Å². The van der Waals surface area contributed by atoms with E-state index in [0.29, 0.717) is 13.2 Å². The standard InChI is InChI=1S/C23H29N3O2/c1-18-3-2-4-22(17-18)26-13-11-25(12-14-26)21-7-5-20(6-8-21)24-23(27)19-9-15-28-16-10-19/h2-8,17,19H,9-16H2,1H3,(H,24,27). The Labute approximate surface area is 167 Å². The number of piperazine rings is 1. The van der Waals surface area contributed by atoms with Crippen LogP contribution in [0.4, 0.5) is 17.1 Å². The van der Waals surface area contributed by atoms with Gasteiger partial charge in [0.05, 0.1) is 0 Å². The van der Waals surface area contributed by atoms with Gasteiger partial charge in [-0.15, -0.1) is 0 Å². The van der Waals surface area contributed by atoms with Gasteiger partial charge in [0, 0.05) is 62.4 Å². The van der Waals surface area contributed by atoms with Gasteiger partial charge >= 0.3 is 0 Å². The topological polar surface area (TPSA) is 44.8 Å². The van der Waals surface area contributed by atoms with E-state index in [1.807, 2.05) is 12.1 Å². The summed E-state index contributed by atoms with van der Waals surface area (Å²) in [6, 6.07) is 17.0. The highest BCUT2D eigenvalue weighted by atomic mass is 16.5. The van der Waals surface area contributed by atoms with Gasteiger partial charge in [-0.05, 0) is 61.7 Å². The molecule has 0 aromatic heterocycles. The SMILES string of the molecule is Cc1cccc(N2CCN(c3ccc(NC(=O)C4CCOCC4)cc3)CC2)c1. The van der Waals surface area contributed by atoms with Crippen molar-refractivity contribution in [1.29, 1.82) is 0 Å². The van der Waals surface area contributed by atoms with Gasteiger partial charge < -0.3 is 19.9 Å². The van der Waals surface area contributed by atoms with Gasteiger partial charge in [-0.25, -0.2) is 0 Å². The molecular weight excluding hydrogens is 350 g/mol. The lowest BCUT2D eigenvalue weighted by Gasteiger charge is -2.37. The molecule has 0 bridgehead atoms. The van der Waals surface area contributed by atoms with Crippen LogP contribution in [0.15, 0.2) is 48.5 Å². The summed E-state index contributed by atoms with van der Waals surface area (Å²) in [5.74, 6) is 0.186. The van der Waals surface area contributed by atoms with Crippen LogP contribution in [-0.4, -0.2) is 45.3 Å². The van der Waals surface area contributed by atoms with Crippen LogP contribution in [0.3, 0.4) is 0 Å². The van der Waals surface area contributed by atoms with Gasteiger partial charge in [-0.1, -0.05) is 12.1 Å². The number of benzene rings is 2. The number of rotatable bonds is 4. The van der Waals surface area contributed by atoms with Crippen LogP contribution < -0.4 is 15.1 Å². The molecule has 1 amide bonds. The van der Waals surface area contributed by atoms with Crippen LogP contribution in [-0.2, 0) is 9.53 Å². The molecule has 0 aliphatic carbocycles. The van der Waals surface area contributed by atoms with E-state index in [2.05, 4.69) is 58.4 Å². The predicted molar refractivity (Wildman–Crippen MR) is 114 cm³/mol. The Bertz CT molecular complexity index is 792. The second-order valence-electron chi connectivity index (χ2n) is 7.74. The molecule has 2 aromatic rings.